The van der Waals surface area contributed by atoms with Gasteiger partial charge in [0.2, 0.25) is 0 Å². The molecule has 2 aromatic rings. The Hall–Kier alpha value is -2.33. The van der Waals surface area contributed by atoms with Gasteiger partial charge in [0.15, 0.2) is 5.82 Å². The van der Waals surface area contributed by atoms with Crippen molar-refractivity contribution in [1.29, 1.82) is 0 Å². The number of rotatable bonds is 2. The Morgan fingerprint density at radius 1 is 1.28 bits per heavy atom. The molecule has 1 aromatic heterocycles. The lowest BCUT2D eigenvalue weighted by Crippen LogP contribution is -2.11. The van der Waals surface area contributed by atoms with Crippen molar-refractivity contribution >= 4 is 5.69 Å². The van der Waals surface area contributed by atoms with Crippen LogP contribution in [0.25, 0.3) is 21.8 Å². The first-order valence-corrected chi connectivity index (χ1v) is 5.96. The van der Waals surface area contributed by atoms with E-state index < -0.39 is 0 Å². The van der Waals surface area contributed by atoms with Crippen molar-refractivity contribution in [3.63, 3.8) is 0 Å². The molecule has 1 aliphatic heterocycles. The Bertz CT molecular complexity index is 623. The van der Waals surface area contributed by atoms with E-state index in [1.54, 1.807) is 6.07 Å². The lowest BCUT2D eigenvalue weighted by molar-refractivity contribution is 0.526. The molecule has 0 N–H and O–H groups in total. The molecule has 0 atom stereocenters. The van der Waals surface area contributed by atoms with Crippen molar-refractivity contribution in [3.8, 4) is 11.4 Å². The lowest BCUT2D eigenvalue weighted by Gasteiger charge is -2.14. The third kappa shape index (κ3) is 1.83. The third-order valence-electron chi connectivity index (χ3n) is 3.12. The van der Waals surface area contributed by atoms with Gasteiger partial charge in [0.25, 0.3) is 0 Å². The highest BCUT2D eigenvalue weighted by atomic mass is 15.3. The highest BCUT2D eigenvalue weighted by Gasteiger charge is 2.16. The predicted molar refractivity (Wildman–Crippen MR) is 67.2 cm³/mol. The van der Waals surface area contributed by atoms with E-state index in [0.29, 0.717) is 5.69 Å². The monoisotopic (exact) mass is 240 g/mol. The molecule has 0 amide bonds. The average Bonchev–Trinajstić information content (AvgIpc) is 2.83. The number of fused-ring (bicyclic) bond motifs is 1. The van der Waals surface area contributed by atoms with Crippen LogP contribution in [0.4, 0.5) is 5.69 Å². The van der Waals surface area contributed by atoms with Crippen LogP contribution in [0.3, 0.4) is 0 Å². The van der Waals surface area contributed by atoms with Gasteiger partial charge >= 0.3 is 0 Å². The summed E-state index contributed by atoms with van der Waals surface area (Å²) in [4.78, 5) is 2.80. The molecule has 6 heteroatoms. The van der Waals surface area contributed by atoms with Gasteiger partial charge in [0.1, 0.15) is 5.82 Å². The summed E-state index contributed by atoms with van der Waals surface area (Å²) in [5, 5.41) is 12.1. The van der Waals surface area contributed by atoms with Gasteiger partial charge in [-0.05, 0) is 24.4 Å². The Labute approximate surface area is 104 Å². The lowest BCUT2D eigenvalue weighted by atomic mass is 10.1. The number of hydrogen-bond acceptors (Lipinski definition) is 3. The van der Waals surface area contributed by atoms with E-state index >= 15 is 0 Å². The van der Waals surface area contributed by atoms with E-state index in [9.17, 15) is 0 Å². The van der Waals surface area contributed by atoms with Gasteiger partial charge in [-0.3, -0.25) is 0 Å². The molecule has 0 unspecified atom stereocenters. The second kappa shape index (κ2) is 4.50. The normalized spacial score (nSPS) is 13.8. The van der Waals surface area contributed by atoms with Crippen molar-refractivity contribution in [2.75, 3.05) is 0 Å². The van der Waals surface area contributed by atoms with Crippen LogP contribution < -0.4 is 0 Å². The molecule has 0 saturated heterocycles. The highest BCUT2D eigenvalue weighted by molar-refractivity contribution is 5.61. The molecule has 0 saturated carbocycles. The van der Waals surface area contributed by atoms with Gasteiger partial charge in [0.05, 0.1) is 0 Å². The fourth-order valence-electron chi connectivity index (χ4n) is 2.28. The van der Waals surface area contributed by atoms with Crippen LogP contribution in [-0.4, -0.2) is 14.8 Å². The van der Waals surface area contributed by atoms with Crippen molar-refractivity contribution in [2.45, 2.75) is 25.8 Å². The fourth-order valence-corrected chi connectivity index (χ4v) is 2.28. The maximum atomic E-state index is 8.46. The standard InChI is InChI=1S/C12H12N6/c13-17-14-10-5-3-4-9(8-10)12-16-15-11-6-1-2-7-18(11)12/h3-5,8H,1-2,6-7H2. The average molecular weight is 240 g/mol. The molecule has 0 fully saturated rings. The van der Waals surface area contributed by atoms with Crippen molar-refractivity contribution < 1.29 is 0 Å². The zero-order chi connectivity index (χ0) is 12.4. The summed E-state index contributed by atoms with van der Waals surface area (Å²) in [7, 11) is 0. The fraction of sp³-hybridized carbons (Fsp3) is 0.333. The number of nitrogens with zero attached hydrogens (tertiary/aromatic N) is 6. The van der Waals surface area contributed by atoms with E-state index in [-0.39, 0.29) is 0 Å². The zero-order valence-corrected chi connectivity index (χ0v) is 9.82. The zero-order valence-electron chi connectivity index (χ0n) is 9.82. The maximum absolute atomic E-state index is 8.46. The van der Waals surface area contributed by atoms with Crippen LogP contribution in [0.2, 0.25) is 0 Å². The SMILES string of the molecule is [N-]=[N+]=Nc1cccc(-c2nnc3n2CCCC3)c1. The summed E-state index contributed by atoms with van der Waals surface area (Å²) in [6.45, 7) is 0.962. The van der Waals surface area contributed by atoms with Crippen molar-refractivity contribution in [1.82, 2.24) is 14.8 Å². The molecular formula is C12H12N6. The van der Waals surface area contributed by atoms with Crippen LogP contribution in [-0.2, 0) is 13.0 Å². The number of azide groups is 1. The Morgan fingerprint density at radius 3 is 3.11 bits per heavy atom. The number of benzene rings is 1. The first-order valence-electron chi connectivity index (χ1n) is 5.96. The van der Waals surface area contributed by atoms with Gasteiger partial charge < -0.3 is 4.57 Å². The van der Waals surface area contributed by atoms with E-state index in [4.69, 9.17) is 5.53 Å². The van der Waals surface area contributed by atoms with Crippen LogP contribution in [0.1, 0.15) is 18.7 Å². The predicted octanol–water partition coefficient (Wildman–Crippen LogP) is 3.22. The third-order valence-corrected chi connectivity index (χ3v) is 3.12. The van der Waals surface area contributed by atoms with E-state index in [1.165, 1.54) is 6.42 Å². The minimum atomic E-state index is 0.600. The second-order valence-electron chi connectivity index (χ2n) is 4.29. The summed E-state index contributed by atoms with van der Waals surface area (Å²) in [5.41, 5.74) is 10.0. The summed E-state index contributed by atoms with van der Waals surface area (Å²) in [5.74, 6) is 1.91. The quantitative estimate of drug-likeness (QED) is 0.459. The first kappa shape index (κ1) is 10.8. The summed E-state index contributed by atoms with van der Waals surface area (Å²) in [6.07, 6.45) is 3.33. The smallest absolute Gasteiger partial charge is 0.163 e. The van der Waals surface area contributed by atoms with Gasteiger partial charge in [-0.1, -0.05) is 23.3 Å². The van der Waals surface area contributed by atoms with E-state index in [1.807, 2.05) is 18.2 Å². The van der Waals surface area contributed by atoms with Gasteiger partial charge in [0, 0.05) is 29.1 Å². The van der Waals surface area contributed by atoms with Crippen LogP contribution in [0, 0.1) is 0 Å². The molecule has 90 valence electrons. The molecule has 0 radical (unpaired) electrons. The molecule has 3 rings (SSSR count). The molecular weight excluding hydrogens is 228 g/mol. The molecule has 1 aliphatic rings. The molecule has 1 aromatic carbocycles. The maximum Gasteiger partial charge on any atom is 0.163 e. The van der Waals surface area contributed by atoms with E-state index in [2.05, 4.69) is 24.8 Å². The minimum Gasteiger partial charge on any atom is -0.311 e. The molecule has 0 spiro atoms. The number of aromatic nitrogens is 3. The van der Waals surface area contributed by atoms with Crippen LogP contribution in [0.15, 0.2) is 29.4 Å². The first-order chi connectivity index (χ1) is 8.88. The molecule has 0 bridgehead atoms. The molecule has 0 aliphatic carbocycles. The molecule has 6 nitrogen and oxygen atoms in total. The van der Waals surface area contributed by atoms with Crippen molar-refractivity contribution in [3.05, 3.63) is 40.5 Å². The summed E-state index contributed by atoms with van der Waals surface area (Å²) < 4.78 is 2.15. The van der Waals surface area contributed by atoms with E-state index in [0.717, 1.165) is 36.6 Å². The molecule has 2 heterocycles. The topological polar surface area (TPSA) is 79.5 Å². The molecule has 18 heavy (non-hydrogen) atoms. The van der Waals surface area contributed by atoms with Crippen LogP contribution in [0.5, 0.6) is 0 Å². The summed E-state index contributed by atoms with van der Waals surface area (Å²) in [6, 6.07) is 7.44. The summed E-state index contributed by atoms with van der Waals surface area (Å²) >= 11 is 0. The van der Waals surface area contributed by atoms with Gasteiger partial charge in [-0.2, -0.15) is 0 Å². The van der Waals surface area contributed by atoms with Crippen LogP contribution >= 0.6 is 0 Å². The van der Waals surface area contributed by atoms with Gasteiger partial charge in [-0.25, -0.2) is 0 Å². The highest BCUT2D eigenvalue weighted by Crippen LogP contribution is 2.25. The van der Waals surface area contributed by atoms with Crippen molar-refractivity contribution in [2.24, 2.45) is 5.11 Å². The largest absolute Gasteiger partial charge is 0.311 e. The number of hydrogen-bond donors (Lipinski definition) is 0. The Morgan fingerprint density at radius 2 is 2.22 bits per heavy atom. The van der Waals surface area contributed by atoms with Gasteiger partial charge in [-0.15, -0.1) is 10.2 Å². The second-order valence-corrected chi connectivity index (χ2v) is 4.29. The minimum absolute atomic E-state index is 0.600. The number of aryl methyl sites for hydroxylation is 1. The Balaban J connectivity index is 2.06. The Kier molecular flexibility index (Phi) is 2.70.